The van der Waals surface area contributed by atoms with Crippen LogP contribution in [0.4, 0.5) is 5.95 Å². The molecule has 0 unspecified atom stereocenters. The molecule has 7 heteroatoms. The van der Waals surface area contributed by atoms with Crippen LogP contribution >= 0.6 is 0 Å². The summed E-state index contributed by atoms with van der Waals surface area (Å²) in [5, 5.41) is 15.4. The molecule has 0 amide bonds. The number of anilines is 1. The second-order valence-electron chi connectivity index (χ2n) is 8.14. The van der Waals surface area contributed by atoms with Crippen LogP contribution in [0.15, 0.2) is 52.4 Å². The van der Waals surface area contributed by atoms with Gasteiger partial charge in [0.1, 0.15) is 12.3 Å². The van der Waals surface area contributed by atoms with Crippen LogP contribution in [-0.2, 0) is 13.1 Å². The van der Waals surface area contributed by atoms with Crippen LogP contribution in [-0.4, -0.2) is 33.5 Å². The molecule has 2 heterocycles. The number of piperidine rings is 1. The summed E-state index contributed by atoms with van der Waals surface area (Å²) < 4.78 is 1.58. The number of nitrogens with one attached hydrogen (secondary N) is 2. The molecule has 1 saturated heterocycles. The number of rotatable bonds is 6. The average molecular weight is 421 g/mol. The fraction of sp³-hybridized carbons (Fsp3) is 0.375. The number of aromatic nitrogens is 2. The lowest BCUT2D eigenvalue weighted by Crippen LogP contribution is -3.11. The Hall–Kier alpha value is -3.19. The van der Waals surface area contributed by atoms with Crippen molar-refractivity contribution in [3.05, 3.63) is 63.9 Å². The van der Waals surface area contributed by atoms with E-state index in [1.54, 1.807) is 16.7 Å². The number of aromatic hydroxyl groups is 1. The SMILES string of the molecule is CCn1c(N/N=C(\C)c2ccc(O)c(C[NH+]3CCCCC3)c2)nc2ccccc2c1=O. The molecule has 1 aromatic heterocycles. The van der Waals surface area contributed by atoms with Crippen LogP contribution in [0.3, 0.4) is 0 Å². The Labute approximate surface area is 182 Å². The maximum atomic E-state index is 12.8. The van der Waals surface area contributed by atoms with Gasteiger partial charge in [-0.1, -0.05) is 12.1 Å². The van der Waals surface area contributed by atoms with Crippen molar-refractivity contribution in [1.29, 1.82) is 0 Å². The monoisotopic (exact) mass is 420 g/mol. The van der Waals surface area contributed by atoms with Gasteiger partial charge < -0.3 is 10.0 Å². The first-order valence-electron chi connectivity index (χ1n) is 11.0. The van der Waals surface area contributed by atoms with Crippen LogP contribution in [0.5, 0.6) is 5.75 Å². The summed E-state index contributed by atoms with van der Waals surface area (Å²) in [6.07, 6.45) is 3.80. The van der Waals surface area contributed by atoms with Crippen molar-refractivity contribution in [1.82, 2.24) is 9.55 Å². The predicted octanol–water partition coefficient (Wildman–Crippen LogP) is 2.53. The Kier molecular flexibility index (Phi) is 6.32. The number of para-hydroxylation sites is 1. The third-order valence-electron chi connectivity index (χ3n) is 6.00. The topological polar surface area (TPSA) is 83.9 Å². The Bertz CT molecular complexity index is 1160. The summed E-state index contributed by atoms with van der Waals surface area (Å²) in [4.78, 5) is 18.9. The second kappa shape index (κ2) is 9.31. The number of fused-ring (bicyclic) bond motifs is 1. The zero-order valence-electron chi connectivity index (χ0n) is 18.2. The Morgan fingerprint density at radius 3 is 2.74 bits per heavy atom. The number of hydrazone groups is 1. The third-order valence-corrected chi connectivity index (χ3v) is 6.00. The zero-order valence-corrected chi connectivity index (χ0v) is 18.2. The van der Waals surface area contributed by atoms with E-state index in [1.807, 2.05) is 44.2 Å². The third kappa shape index (κ3) is 4.61. The van der Waals surface area contributed by atoms with Crippen LogP contribution in [0.1, 0.15) is 44.2 Å². The van der Waals surface area contributed by atoms with Crippen LogP contribution in [0.25, 0.3) is 10.9 Å². The fourth-order valence-electron chi connectivity index (χ4n) is 4.20. The van der Waals surface area contributed by atoms with Gasteiger partial charge in [-0.25, -0.2) is 10.4 Å². The molecular weight excluding hydrogens is 390 g/mol. The summed E-state index contributed by atoms with van der Waals surface area (Å²) in [5.41, 5.74) is 6.18. The smallest absolute Gasteiger partial charge is 0.262 e. The van der Waals surface area contributed by atoms with E-state index in [4.69, 9.17) is 0 Å². The van der Waals surface area contributed by atoms with E-state index in [9.17, 15) is 9.90 Å². The minimum absolute atomic E-state index is 0.0834. The lowest BCUT2D eigenvalue weighted by molar-refractivity contribution is -0.918. The molecule has 0 aliphatic carbocycles. The summed E-state index contributed by atoms with van der Waals surface area (Å²) >= 11 is 0. The van der Waals surface area contributed by atoms with Gasteiger partial charge in [-0.3, -0.25) is 9.36 Å². The standard InChI is InChI=1S/C24H29N5O2/c1-3-29-23(31)20-9-5-6-10-21(20)25-24(29)27-26-17(2)18-11-12-22(30)19(15-18)16-28-13-7-4-8-14-28/h5-6,9-12,15,30H,3-4,7-8,13-14,16H2,1-2H3,(H,25,27)/p+1/b26-17+. The van der Waals surface area contributed by atoms with Crippen molar-refractivity contribution in [3.63, 3.8) is 0 Å². The van der Waals surface area contributed by atoms with Gasteiger partial charge in [-0.15, -0.1) is 0 Å². The van der Waals surface area contributed by atoms with Crippen molar-refractivity contribution >= 4 is 22.6 Å². The first kappa shape index (κ1) is 21.1. The van der Waals surface area contributed by atoms with Crippen LogP contribution in [0.2, 0.25) is 0 Å². The van der Waals surface area contributed by atoms with Crippen LogP contribution in [0, 0.1) is 0 Å². The van der Waals surface area contributed by atoms with E-state index in [1.165, 1.54) is 24.2 Å². The average Bonchev–Trinajstić information content (AvgIpc) is 2.80. The molecule has 0 spiro atoms. The van der Waals surface area contributed by atoms with Gasteiger partial charge in [0.25, 0.3) is 5.56 Å². The van der Waals surface area contributed by atoms with Gasteiger partial charge in [-0.05, 0) is 69.0 Å². The number of phenolic OH excluding ortho intramolecular Hbond substituents is 1. The largest absolute Gasteiger partial charge is 0.507 e. The van der Waals surface area contributed by atoms with Gasteiger partial charge in [0.15, 0.2) is 0 Å². The number of quaternary nitrogens is 1. The van der Waals surface area contributed by atoms with Crippen LogP contribution < -0.4 is 15.9 Å². The molecule has 4 rings (SSSR count). The number of likely N-dealkylation sites (tertiary alicyclic amines) is 1. The van der Waals surface area contributed by atoms with E-state index in [-0.39, 0.29) is 5.56 Å². The first-order valence-corrected chi connectivity index (χ1v) is 11.0. The molecule has 3 N–H and O–H groups in total. The van der Waals surface area contributed by atoms with Gasteiger partial charge in [0.05, 0.1) is 29.7 Å². The maximum absolute atomic E-state index is 12.8. The summed E-state index contributed by atoms with van der Waals surface area (Å²) in [6.45, 7) is 7.44. The molecular formula is C24H30N5O2+. The van der Waals surface area contributed by atoms with Crippen molar-refractivity contribution in [2.75, 3.05) is 18.5 Å². The minimum Gasteiger partial charge on any atom is -0.507 e. The number of nitrogens with zero attached hydrogens (tertiary/aromatic N) is 3. The molecule has 2 aromatic carbocycles. The van der Waals surface area contributed by atoms with Gasteiger partial charge >= 0.3 is 0 Å². The molecule has 1 fully saturated rings. The normalized spacial score (nSPS) is 15.4. The molecule has 162 valence electrons. The molecule has 7 nitrogen and oxygen atoms in total. The summed E-state index contributed by atoms with van der Waals surface area (Å²) in [7, 11) is 0. The number of hydrogen-bond donors (Lipinski definition) is 3. The van der Waals surface area contributed by atoms with Gasteiger partial charge in [0.2, 0.25) is 5.95 Å². The molecule has 0 atom stereocenters. The highest BCUT2D eigenvalue weighted by Crippen LogP contribution is 2.19. The van der Waals surface area contributed by atoms with E-state index in [2.05, 4.69) is 15.5 Å². The van der Waals surface area contributed by atoms with E-state index in [0.29, 0.717) is 29.1 Å². The molecule has 0 bridgehead atoms. The van der Waals surface area contributed by atoms with Crippen molar-refractivity contribution in [3.8, 4) is 5.75 Å². The Balaban J connectivity index is 1.59. The molecule has 3 aromatic rings. The summed E-state index contributed by atoms with van der Waals surface area (Å²) in [5.74, 6) is 0.751. The van der Waals surface area contributed by atoms with Crippen molar-refractivity contribution in [2.45, 2.75) is 46.2 Å². The van der Waals surface area contributed by atoms with Crippen molar-refractivity contribution < 1.29 is 10.0 Å². The molecule has 1 aliphatic heterocycles. The minimum atomic E-state index is -0.0834. The van der Waals surface area contributed by atoms with Gasteiger partial charge in [-0.2, -0.15) is 5.10 Å². The zero-order chi connectivity index (χ0) is 21.8. The quantitative estimate of drug-likeness (QED) is 0.423. The number of hydrogen-bond acceptors (Lipinski definition) is 5. The molecule has 1 aliphatic rings. The Morgan fingerprint density at radius 1 is 1.19 bits per heavy atom. The van der Waals surface area contributed by atoms with Crippen molar-refractivity contribution in [2.24, 2.45) is 5.10 Å². The predicted molar refractivity (Wildman–Crippen MR) is 124 cm³/mol. The highest BCUT2D eigenvalue weighted by Gasteiger charge is 2.17. The summed E-state index contributed by atoms with van der Waals surface area (Å²) in [6, 6.07) is 12.9. The fourth-order valence-corrected chi connectivity index (χ4v) is 4.20. The highest BCUT2D eigenvalue weighted by atomic mass is 16.3. The maximum Gasteiger partial charge on any atom is 0.262 e. The van der Waals surface area contributed by atoms with E-state index < -0.39 is 0 Å². The second-order valence-corrected chi connectivity index (χ2v) is 8.14. The number of benzene rings is 2. The molecule has 0 saturated carbocycles. The van der Waals surface area contributed by atoms with E-state index in [0.717, 1.165) is 36.5 Å². The van der Waals surface area contributed by atoms with E-state index >= 15 is 0 Å². The molecule has 0 radical (unpaired) electrons. The van der Waals surface area contributed by atoms with Gasteiger partial charge in [0, 0.05) is 12.1 Å². The Morgan fingerprint density at radius 2 is 1.97 bits per heavy atom. The highest BCUT2D eigenvalue weighted by molar-refractivity contribution is 5.99. The molecule has 31 heavy (non-hydrogen) atoms. The lowest BCUT2D eigenvalue weighted by Gasteiger charge is -2.24. The lowest BCUT2D eigenvalue weighted by atomic mass is 10.0. The first-order chi connectivity index (χ1) is 15.1. The number of phenols is 1.